The van der Waals surface area contributed by atoms with E-state index in [9.17, 15) is 21.9 Å². The number of halogens is 1. The lowest BCUT2D eigenvalue weighted by Crippen LogP contribution is -2.49. The average molecular weight is 426 g/mol. The third-order valence-corrected chi connectivity index (χ3v) is 8.20. The number of sulfonamides is 1. The summed E-state index contributed by atoms with van der Waals surface area (Å²) in [5.41, 5.74) is 0. The molecule has 0 saturated carbocycles. The van der Waals surface area contributed by atoms with Gasteiger partial charge in [-0.3, -0.25) is 0 Å². The van der Waals surface area contributed by atoms with Crippen molar-refractivity contribution in [1.29, 1.82) is 0 Å². The van der Waals surface area contributed by atoms with Crippen LogP contribution < -0.4 is 0 Å². The van der Waals surface area contributed by atoms with E-state index in [1.54, 1.807) is 0 Å². The minimum Gasteiger partial charge on any atom is -0.395 e. The van der Waals surface area contributed by atoms with Gasteiger partial charge < -0.3 is 5.11 Å². The Morgan fingerprint density at radius 3 is 2.52 bits per heavy atom. The predicted molar refractivity (Wildman–Crippen MR) is 90.4 cm³/mol. The summed E-state index contributed by atoms with van der Waals surface area (Å²) in [6.45, 7) is 1.96. The van der Waals surface area contributed by atoms with E-state index >= 15 is 0 Å². The number of aliphatic hydroxyl groups is 1. The SMILES string of the molecule is CC1CCCN(S(=O)(=O)c2cc(S(C)(=O)=O)ccc2Br)C1CO. The molecule has 0 amide bonds. The summed E-state index contributed by atoms with van der Waals surface area (Å²) < 4.78 is 51.0. The molecule has 1 saturated heterocycles. The summed E-state index contributed by atoms with van der Waals surface area (Å²) in [6.07, 6.45) is 2.59. The molecule has 1 aromatic rings. The van der Waals surface area contributed by atoms with Gasteiger partial charge in [0.15, 0.2) is 9.84 Å². The van der Waals surface area contributed by atoms with Crippen LogP contribution in [0.2, 0.25) is 0 Å². The van der Waals surface area contributed by atoms with Crippen LogP contribution in [0.1, 0.15) is 19.8 Å². The van der Waals surface area contributed by atoms with Crippen LogP contribution >= 0.6 is 15.9 Å². The molecule has 2 unspecified atom stereocenters. The lowest BCUT2D eigenvalue weighted by molar-refractivity contribution is 0.113. The molecular formula is C14H20BrNO5S2. The van der Waals surface area contributed by atoms with Crippen LogP contribution in [0, 0.1) is 5.92 Å². The van der Waals surface area contributed by atoms with Gasteiger partial charge in [-0.1, -0.05) is 6.92 Å². The third kappa shape index (κ3) is 3.79. The highest BCUT2D eigenvalue weighted by Gasteiger charge is 2.38. The molecule has 1 heterocycles. The lowest BCUT2D eigenvalue weighted by atomic mass is 9.93. The van der Waals surface area contributed by atoms with Crippen LogP contribution in [-0.2, 0) is 19.9 Å². The standard InChI is InChI=1S/C14H20BrNO5S2/c1-10-4-3-7-16(13(10)9-17)23(20,21)14-8-11(22(2,18)19)5-6-12(14)15/h5-6,8,10,13,17H,3-4,7,9H2,1-2H3. The molecule has 0 aliphatic carbocycles. The largest absolute Gasteiger partial charge is 0.395 e. The van der Waals surface area contributed by atoms with Crippen LogP contribution in [0.15, 0.2) is 32.5 Å². The van der Waals surface area contributed by atoms with E-state index in [1.165, 1.54) is 22.5 Å². The number of benzene rings is 1. The van der Waals surface area contributed by atoms with Gasteiger partial charge in [0, 0.05) is 17.3 Å². The molecule has 130 valence electrons. The minimum atomic E-state index is -3.91. The number of piperidine rings is 1. The number of sulfone groups is 1. The molecule has 1 aliphatic rings. The fourth-order valence-corrected chi connectivity index (χ4v) is 6.24. The quantitative estimate of drug-likeness (QED) is 0.791. The Hall–Kier alpha value is -0.480. The molecule has 1 aliphatic heterocycles. The second kappa shape index (κ2) is 6.79. The first-order chi connectivity index (χ1) is 10.6. The Balaban J connectivity index is 2.55. The first kappa shape index (κ1) is 18.9. The van der Waals surface area contributed by atoms with E-state index in [0.717, 1.165) is 12.7 Å². The average Bonchev–Trinajstić information content (AvgIpc) is 2.45. The van der Waals surface area contributed by atoms with Crippen molar-refractivity contribution >= 4 is 35.8 Å². The molecule has 0 radical (unpaired) electrons. The summed E-state index contributed by atoms with van der Waals surface area (Å²) in [5.74, 6) is 0.0420. The molecule has 23 heavy (non-hydrogen) atoms. The van der Waals surface area contributed by atoms with E-state index in [4.69, 9.17) is 0 Å². The molecule has 1 N–H and O–H groups in total. The Kier molecular flexibility index (Phi) is 5.57. The summed E-state index contributed by atoms with van der Waals surface area (Å²) >= 11 is 3.19. The molecule has 6 nitrogen and oxygen atoms in total. The van der Waals surface area contributed by atoms with Crippen LogP contribution in [0.25, 0.3) is 0 Å². The predicted octanol–water partition coefficient (Wildman–Crippen LogP) is 1.63. The number of rotatable bonds is 4. The summed E-state index contributed by atoms with van der Waals surface area (Å²) in [7, 11) is -7.42. The van der Waals surface area contributed by atoms with Crippen molar-refractivity contribution in [2.45, 2.75) is 35.6 Å². The Bertz CT molecular complexity index is 791. The highest BCUT2D eigenvalue weighted by atomic mass is 79.9. The monoisotopic (exact) mass is 425 g/mol. The summed E-state index contributed by atoms with van der Waals surface area (Å²) in [6, 6.07) is 3.45. The molecule has 1 aromatic carbocycles. The Morgan fingerprint density at radius 2 is 1.96 bits per heavy atom. The van der Waals surface area contributed by atoms with Crippen molar-refractivity contribution in [3.8, 4) is 0 Å². The fourth-order valence-electron chi connectivity index (χ4n) is 2.82. The maximum absolute atomic E-state index is 13.0. The normalized spacial score (nSPS) is 23.8. The second-order valence-electron chi connectivity index (χ2n) is 5.85. The molecule has 0 aromatic heterocycles. The van der Waals surface area contributed by atoms with Gasteiger partial charge >= 0.3 is 0 Å². The first-order valence-electron chi connectivity index (χ1n) is 7.21. The third-order valence-electron chi connectivity index (χ3n) is 4.17. The van der Waals surface area contributed by atoms with E-state index in [1.807, 2.05) is 6.92 Å². The molecular weight excluding hydrogens is 406 g/mol. The Labute approximate surface area is 145 Å². The van der Waals surface area contributed by atoms with E-state index in [-0.39, 0.29) is 22.3 Å². The van der Waals surface area contributed by atoms with Crippen molar-refractivity contribution in [2.75, 3.05) is 19.4 Å². The molecule has 2 rings (SSSR count). The van der Waals surface area contributed by atoms with E-state index in [0.29, 0.717) is 17.4 Å². The first-order valence-corrected chi connectivity index (χ1v) is 11.3. The number of hydrogen-bond acceptors (Lipinski definition) is 5. The number of nitrogens with zero attached hydrogens (tertiary/aromatic N) is 1. The van der Waals surface area contributed by atoms with Gasteiger partial charge in [0.1, 0.15) is 0 Å². The van der Waals surface area contributed by atoms with Gasteiger partial charge in [0.25, 0.3) is 0 Å². The highest BCUT2D eigenvalue weighted by Crippen LogP contribution is 2.33. The zero-order valence-electron chi connectivity index (χ0n) is 12.9. The molecule has 1 fully saturated rings. The van der Waals surface area contributed by atoms with Gasteiger partial charge in [-0.25, -0.2) is 16.8 Å². The van der Waals surface area contributed by atoms with Crippen molar-refractivity contribution in [3.63, 3.8) is 0 Å². The maximum Gasteiger partial charge on any atom is 0.244 e. The van der Waals surface area contributed by atoms with Gasteiger partial charge in [0.05, 0.1) is 22.4 Å². The van der Waals surface area contributed by atoms with Crippen molar-refractivity contribution in [2.24, 2.45) is 5.92 Å². The van der Waals surface area contributed by atoms with Crippen LogP contribution in [0.3, 0.4) is 0 Å². The van der Waals surface area contributed by atoms with E-state index in [2.05, 4.69) is 15.9 Å². The van der Waals surface area contributed by atoms with Crippen molar-refractivity contribution in [1.82, 2.24) is 4.31 Å². The number of aliphatic hydroxyl groups excluding tert-OH is 1. The topological polar surface area (TPSA) is 91.8 Å². The smallest absolute Gasteiger partial charge is 0.244 e. The van der Waals surface area contributed by atoms with Crippen LogP contribution in [0.5, 0.6) is 0 Å². The summed E-state index contributed by atoms with van der Waals surface area (Å²) in [5, 5.41) is 9.58. The van der Waals surface area contributed by atoms with Crippen molar-refractivity contribution in [3.05, 3.63) is 22.7 Å². The maximum atomic E-state index is 13.0. The molecule has 0 bridgehead atoms. The Morgan fingerprint density at radius 1 is 1.30 bits per heavy atom. The highest BCUT2D eigenvalue weighted by molar-refractivity contribution is 9.10. The van der Waals surface area contributed by atoms with Crippen molar-refractivity contribution < 1.29 is 21.9 Å². The number of hydrogen-bond donors (Lipinski definition) is 1. The van der Waals surface area contributed by atoms with Gasteiger partial charge in [-0.05, 0) is 52.9 Å². The van der Waals surface area contributed by atoms with Gasteiger partial charge in [0.2, 0.25) is 10.0 Å². The van der Waals surface area contributed by atoms with Crippen LogP contribution in [-0.4, -0.2) is 51.7 Å². The molecule has 9 heteroatoms. The van der Waals surface area contributed by atoms with Gasteiger partial charge in [-0.2, -0.15) is 4.31 Å². The second-order valence-corrected chi connectivity index (χ2v) is 10.6. The molecule has 2 atom stereocenters. The van der Waals surface area contributed by atoms with E-state index < -0.39 is 25.9 Å². The zero-order chi connectivity index (χ0) is 17.4. The lowest BCUT2D eigenvalue weighted by Gasteiger charge is -2.38. The molecule has 0 spiro atoms. The zero-order valence-corrected chi connectivity index (χ0v) is 16.2. The van der Waals surface area contributed by atoms with Crippen LogP contribution in [0.4, 0.5) is 0 Å². The summed E-state index contributed by atoms with van der Waals surface area (Å²) in [4.78, 5) is -0.141. The van der Waals surface area contributed by atoms with Gasteiger partial charge in [-0.15, -0.1) is 0 Å². The minimum absolute atomic E-state index is 0.0420. The fraction of sp³-hybridized carbons (Fsp3) is 0.571.